The molecule has 3 aromatic carbocycles. The second-order valence-corrected chi connectivity index (χ2v) is 10.9. The molecule has 0 fully saturated rings. The number of para-hydroxylation sites is 1. The van der Waals surface area contributed by atoms with Gasteiger partial charge in [-0.2, -0.15) is 5.10 Å². The van der Waals surface area contributed by atoms with Gasteiger partial charge in [0, 0.05) is 17.0 Å². The van der Waals surface area contributed by atoms with Crippen molar-refractivity contribution in [2.75, 3.05) is 10.8 Å². The summed E-state index contributed by atoms with van der Waals surface area (Å²) in [6.45, 7) is 7.03. The molecule has 1 aromatic heterocycles. The zero-order chi connectivity index (χ0) is 27.4. The van der Waals surface area contributed by atoms with E-state index in [1.807, 2.05) is 39.8 Å². The van der Waals surface area contributed by atoms with Crippen LogP contribution in [0.3, 0.4) is 0 Å². The second kappa shape index (κ2) is 11.0. The predicted molar refractivity (Wildman–Crippen MR) is 148 cm³/mol. The van der Waals surface area contributed by atoms with E-state index in [1.54, 1.807) is 53.1 Å². The van der Waals surface area contributed by atoms with Crippen LogP contribution in [0.1, 0.15) is 28.1 Å². The minimum Gasteiger partial charge on any atom is -0.315 e. The number of nitrogens with zero attached hydrogens (tertiary/aromatic N) is 3. The first-order chi connectivity index (χ1) is 18.1. The van der Waals surface area contributed by atoms with Gasteiger partial charge in [0.25, 0.3) is 15.9 Å². The number of hydrogen-bond donors (Lipinski definition) is 1. The van der Waals surface area contributed by atoms with Crippen LogP contribution in [0.2, 0.25) is 0 Å². The monoisotopic (exact) mass is 532 g/mol. The Balaban J connectivity index is 1.57. The van der Waals surface area contributed by atoms with Crippen molar-refractivity contribution in [1.29, 1.82) is 0 Å². The Morgan fingerprint density at radius 1 is 0.947 bits per heavy atom. The minimum absolute atomic E-state index is 0.0788. The number of halogens is 1. The summed E-state index contributed by atoms with van der Waals surface area (Å²) in [5, 5.41) is 4.05. The summed E-state index contributed by atoms with van der Waals surface area (Å²) in [5.74, 6) is -0.959. The number of carbonyl (C=O) groups is 1. The summed E-state index contributed by atoms with van der Waals surface area (Å²) in [4.78, 5) is 13.0. The van der Waals surface area contributed by atoms with Crippen LogP contribution in [0.15, 0.2) is 88.9 Å². The molecule has 0 aliphatic carbocycles. The smallest absolute Gasteiger partial charge is 0.264 e. The summed E-state index contributed by atoms with van der Waals surface area (Å²) < 4.78 is 44.2. The number of aryl methyl sites for hydroxylation is 3. The fraction of sp³-hybridized carbons (Fsp3) is 0.172. The SMILES string of the molecule is Cc1ccc(N(CC(=O)N/N=C/c2cc(C)n(-c3ccccc3F)c2C)S(=O)(=O)c2ccccc2)cc1C. The lowest BCUT2D eigenvalue weighted by atomic mass is 10.1. The number of rotatable bonds is 8. The van der Waals surface area contributed by atoms with E-state index in [4.69, 9.17) is 0 Å². The van der Waals surface area contributed by atoms with E-state index in [1.165, 1.54) is 24.4 Å². The van der Waals surface area contributed by atoms with E-state index in [0.717, 1.165) is 26.8 Å². The molecular weight excluding hydrogens is 503 g/mol. The van der Waals surface area contributed by atoms with Crippen LogP contribution in [0, 0.1) is 33.5 Å². The molecule has 0 saturated carbocycles. The van der Waals surface area contributed by atoms with Crippen molar-refractivity contribution in [3.05, 3.63) is 113 Å². The first kappa shape index (κ1) is 26.8. The summed E-state index contributed by atoms with van der Waals surface area (Å²) in [6, 6.07) is 21.5. The third kappa shape index (κ3) is 5.52. The average molecular weight is 533 g/mol. The average Bonchev–Trinajstić information content (AvgIpc) is 3.17. The minimum atomic E-state index is -4.02. The molecule has 0 atom stereocenters. The van der Waals surface area contributed by atoms with E-state index in [-0.39, 0.29) is 10.7 Å². The summed E-state index contributed by atoms with van der Waals surface area (Å²) in [6.07, 6.45) is 1.46. The molecule has 7 nitrogen and oxygen atoms in total. The third-order valence-electron chi connectivity index (χ3n) is 6.35. The summed E-state index contributed by atoms with van der Waals surface area (Å²) >= 11 is 0. The van der Waals surface area contributed by atoms with Gasteiger partial charge in [-0.25, -0.2) is 18.2 Å². The topological polar surface area (TPSA) is 83.8 Å². The molecule has 1 amide bonds. The zero-order valence-electron chi connectivity index (χ0n) is 21.6. The van der Waals surface area contributed by atoms with E-state index in [2.05, 4.69) is 10.5 Å². The molecule has 1 heterocycles. The summed E-state index contributed by atoms with van der Waals surface area (Å²) in [7, 11) is -4.02. The second-order valence-electron chi connectivity index (χ2n) is 9.00. The lowest BCUT2D eigenvalue weighted by Gasteiger charge is -2.24. The van der Waals surface area contributed by atoms with E-state index in [0.29, 0.717) is 16.9 Å². The van der Waals surface area contributed by atoms with Crippen molar-refractivity contribution >= 4 is 27.8 Å². The number of anilines is 1. The highest BCUT2D eigenvalue weighted by Crippen LogP contribution is 2.26. The highest BCUT2D eigenvalue weighted by molar-refractivity contribution is 7.92. The lowest BCUT2D eigenvalue weighted by molar-refractivity contribution is -0.119. The maximum absolute atomic E-state index is 14.4. The van der Waals surface area contributed by atoms with Crippen LogP contribution in [0.4, 0.5) is 10.1 Å². The number of carbonyl (C=O) groups excluding carboxylic acids is 1. The van der Waals surface area contributed by atoms with Crippen molar-refractivity contribution in [3.63, 3.8) is 0 Å². The van der Waals surface area contributed by atoms with Crippen molar-refractivity contribution < 1.29 is 17.6 Å². The molecule has 4 aromatic rings. The number of amides is 1. The van der Waals surface area contributed by atoms with Gasteiger partial charge in [-0.05, 0) is 81.3 Å². The van der Waals surface area contributed by atoms with Crippen molar-refractivity contribution in [2.24, 2.45) is 5.10 Å². The maximum atomic E-state index is 14.4. The van der Waals surface area contributed by atoms with Crippen molar-refractivity contribution in [2.45, 2.75) is 32.6 Å². The Kier molecular flexibility index (Phi) is 7.78. The number of nitrogens with one attached hydrogen (secondary N) is 1. The largest absolute Gasteiger partial charge is 0.315 e. The van der Waals surface area contributed by atoms with Crippen LogP contribution >= 0.6 is 0 Å². The van der Waals surface area contributed by atoms with Crippen LogP contribution in [0.25, 0.3) is 5.69 Å². The first-order valence-corrected chi connectivity index (χ1v) is 13.4. The van der Waals surface area contributed by atoms with Gasteiger partial charge in [0.15, 0.2) is 0 Å². The lowest BCUT2D eigenvalue weighted by Crippen LogP contribution is -2.39. The van der Waals surface area contributed by atoms with E-state index < -0.39 is 22.5 Å². The number of hydrazone groups is 1. The Morgan fingerprint density at radius 3 is 2.32 bits per heavy atom. The Hall–Kier alpha value is -4.24. The molecule has 0 aliphatic rings. The van der Waals surface area contributed by atoms with Gasteiger partial charge in [0.2, 0.25) is 0 Å². The van der Waals surface area contributed by atoms with Gasteiger partial charge in [0.1, 0.15) is 12.4 Å². The van der Waals surface area contributed by atoms with Gasteiger partial charge in [-0.1, -0.05) is 36.4 Å². The molecule has 1 N–H and O–H groups in total. The fourth-order valence-corrected chi connectivity index (χ4v) is 5.61. The van der Waals surface area contributed by atoms with E-state index >= 15 is 0 Å². The molecule has 0 spiro atoms. The third-order valence-corrected chi connectivity index (χ3v) is 8.14. The molecule has 0 bridgehead atoms. The van der Waals surface area contributed by atoms with E-state index in [9.17, 15) is 17.6 Å². The van der Waals surface area contributed by atoms with Gasteiger partial charge < -0.3 is 4.57 Å². The standard InChI is InChI=1S/C29H29FN4O3S/c1-20-14-15-25(16-21(20)2)33(38(36,37)26-10-6-5-7-11-26)19-29(35)32-31-18-24-17-22(3)34(23(24)4)28-13-9-8-12-27(28)30/h5-18H,19H2,1-4H3,(H,32,35)/b31-18+. The quantitative estimate of drug-likeness (QED) is 0.250. The van der Waals surface area contributed by atoms with Crippen LogP contribution in [-0.4, -0.2) is 31.7 Å². The molecule has 0 unspecified atom stereocenters. The van der Waals surface area contributed by atoms with Gasteiger partial charge in [0.05, 0.1) is 22.5 Å². The first-order valence-electron chi connectivity index (χ1n) is 12.0. The Bertz CT molecular complexity index is 1610. The molecule has 196 valence electrons. The molecule has 4 rings (SSSR count). The van der Waals surface area contributed by atoms with Crippen molar-refractivity contribution in [3.8, 4) is 5.69 Å². The maximum Gasteiger partial charge on any atom is 0.264 e. The number of benzene rings is 3. The van der Waals surface area contributed by atoms with Gasteiger partial charge in [-0.3, -0.25) is 9.10 Å². The molecular formula is C29H29FN4O3S. The molecule has 0 saturated heterocycles. The van der Waals surface area contributed by atoms with Gasteiger partial charge >= 0.3 is 0 Å². The number of sulfonamides is 1. The highest BCUT2D eigenvalue weighted by atomic mass is 32.2. The molecule has 38 heavy (non-hydrogen) atoms. The summed E-state index contributed by atoms with van der Waals surface area (Å²) in [5.41, 5.74) is 7.37. The fourth-order valence-electron chi connectivity index (χ4n) is 4.18. The number of aromatic nitrogens is 1. The zero-order valence-corrected chi connectivity index (χ0v) is 22.5. The van der Waals surface area contributed by atoms with Crippen molar-refractivity contribution in [1.82, 2.24) is 9.99 Å². The predicted octanol–water partition coefficient (Wildman–Crippen LogP) is 5.20. The Labute approximate surface area is 222 Å². The Morgan fingerprint density at radius 2 is 1.63 bits per heavy atom. The molecule has 0 radical (unpaired) electrons. The van der Waals surface area contributed by atoms with Crippen LogP contribution in [-0.2, 0) is 14.8 Å². The molecule has 0 aliphatic heterocycles. The molecule has 9 heteroatoms. The van der Waals surface area contributed by atoms with Crippen LogP contribution < -0.4 is 9.73 Å². The van der Waals surface area contributed by atoms with Crippen LogP contribution in [0.5, 0.6) is 0 Å². The number of hydrogen-bond acceptors (Lipinski definition) is 4. The van der Waals surface area contributed by atoms with Gasteiger partial charge in [-0.15, -0.1) is 0 Å². The normalized spacial score (nSPS) is 11.6. The highest BCUT2D eigenvalue weighted by Gasteiger charge is 2.27.